The molecule has 4 aromatic rings. The summed E-state index contributed by atoms with van der Waals surface area (Å²) in [6, 6.07) is 15.8. The topological polar surface area (TPSA) is 125 Å². The fraction of sp³-hybridized carbons (Fsp3) is 0.0952. The number of hydrogen-bond acceptors (Lipinski definition) is 8. The van der Waals surface area contributed by atoms with E-state index in [1.807, 2.05) is 0 Å². The van der Waals surface area contributed by atoms with Crippen LogP contribution in [-0.2, 0) is 21.2 Å². The van der Waals surface area contributed by atoms with E-state index in [4.69, 9.17) is 8.94 Å². The lowest BCUT2D eigenvalue weighted by Gasteiger charge is -2.12. The summed E-state index contributed by atoms with van der Waals surface area (Å²) in [4.78, 5) is 15.8. The molecule has 2 aromatic carbocycles. The van der Waals surface area contributed by atoms with Gasteiger partial charge in [0, 0.05) is 0 Å². The van der Waals surface area contributed by atoms with Crippen molar-refractivity contribution in [2.45, 2.75) is 11.3 Å². The molecule has 0 saturated carbocycles. The number of aromatic nitrogens is 2. The van der Waals surface area contributed by atoms with Gasteiger partial charge in [-0.3, -0.25) is 4.72 Å². The average Bonchev–Trinajstić information content (AvgIpc) is 3.46. The van der Waals surface area contributed by atoms with Crippen LogP contribution in [-0.4, -0.2) is 31.6 Å². The van der Waals surface area contributed by atoms with Crippen LogP contribution in [0.3, 0.4) is 0 Å². The summed E-state index contributed by atoms with van der Waals surface area (Å²) in [7, 11) is -2.63. The lowest BCUT2D eigenvalue weighted by molar-refractivity contribution is 0.0600. The maximum atomic E-state index is 12.8. The predicted molar refractivity (Wildman–Crippen MR) is 110 cm³/mol. The largest absolute Gasteiger partial charge is 0.465 e. The molecule has 0 aliphatic rings. The summed E-state index contributed by atoms with van der Waals surface area (Å²) in [5.74, 6) is 0.541. The Balaban J connectivity index is 1.55. The SMILES string of the molecule is COC(=O)c1ccc(S(=O)(=O)Nc2ccccc2Cc2nc(-c3ccco3)no2)cc1. The van der Waals surface area contributed by atoms with Crippen LogP contribution in [0.25, 0.3) is 11.6 Å². The van der Waals surface area contributed by atoms with E-state index in [1.54, 1.807) is 36.4 Å². The van der Waals surface area contributed by atoms with Crippen LogP contribution >= 0.6 is 0 Å². The normalized spacial score (nSPS) is 11.3. The molecule has 10 heteroatoms. The number of nitrogens with one attached hydrogen (secondary N) is 1. The first-order valence-corrected chi connectivity index (χ1v) is 10.6. The molecule has 0 aliphatic heterocycles. The molecule has 9 nitrogen and oxygen atoms in total. The van der Waals surface area contributed by atoms with E-state index in [0.29, 0.717) is 28.7 Å². The smallest absolute Gasteiger partial charge is 0.337 e. The third kappa shape index (κ3) is 4.48. The number of carbonyl (C=O) groups excluding carboxylic acids is 1. The fourth-order valence-corrected chi connectivity index (χ4v) is 3.96. The average molecular weight is 439 g/mol. The van der Waals surface area contributed by atoms with Crippen molar-refractivity contribution in [1.82, 2.24) is 10.1 Å². The minimum Gasteiger partial charge on any atom is -0.465 e. The highest BCUT2D eigenvalue weighted by Gasteiger charge is 2.18. The Kier molecular flexibility index (Phi) is 5.54. The second-order valence-corrected chi connectivity index (χ2v) is 8.13. The van der Waals surface area contributed by atoms with Crippen molar-refractivity contribution >= 4 is 21.7 Å². The third-order valence-electron chi connectivity index (χ3n) is 4.40. The number of hydrogen-bond donors (Lipinski definition) is 1. The lowest BCUT2D eigenvalue weighted by atomic mass is 10.1. The highest BCUT2D eigenvalue weighted by Crippen LogP contribution is 2.24. The molecular weight excluding hydrogens is 422 g/mol. The van der Waals surface area contributed by atoms with E-state index in [0.717, 1.165) is 0 Å². The summed E-state index contributed by atoms with van der Waals surface area (Å²) in [6.07, 6.45) is 1.72. The molecule has 0 saturated heterocycles. The van der Waals surface area contributed by atoms with Gasteiger partial charge >= 0.3 is 5.97 Å². The molecule has 0 bridgehead atoms. The summed E-state index contributed by atoms with van der Waals surface area (Å²) < 4.78 is 43.4. The van der Waals surface area contributed by atoms with Crippen molar-refractivity contribution in [3.63, 3.8) is 0 Å². The highest BCUT2D eigenvalue weighted by atomic mass is 32.2. The van der Waals surface area contributed by atoms with Gasteiger partial charge < -0.3 is 13.7 Å². The van der Waals surface area contributed by atoms with E-state index in [2.05, 4.69) is 19.6 Å². The van der Waals surface area contributed by atoms with Crippen LogP contribution in [0.2, 0.25) is 0 Å². The molecule has 4 rings (SSSR count). The Bertz CT molecular complexity index is 1300. The minimum absolute atomic E-state index is 0.00727. The number of anilines is 1. The molecule has 2 heterocycles. The van der Waals surface area contributed by atoms with Crippen molar-refractivity contribution in [2.75, 3.05) is 11.8 Å². The third-order valence-corrected chi connectivity index (χ3v) is 5.78. The predicted octanol–water partition coefficient (Wildman–Crippen LogP) is 3.51. The minimum atomic E-state index is -3.89. The monoisotopic (exact) mass is 439 g/mol. The standard InChI is InChI=1S/C21H17N3O6S/c1-28-21(25)14-8-10-16(11-9-14)31(26,27)24-17-6-3-2-5-15(17)13-19-22-20(23-30-19)18-7-4-12-29-18/h2-12,24H,13H2,1H3. The van der Waals surface area contributed by atoms with Crippen molar-refractivity contribution in [3.8, 4) is 11.6 Å². The van der Waals surface area contributed by atoms with Gasteiger partial charge in [0.1, 0.15) is 0 Å². The molecule has 31 heavy (non-hydrogen) atoms. The molecule has 1 N–H and O–H groups in total. The highest BCUT2D eigenvalue weighted by molar-refractivity contribution is 7.92. The quantitative estimate of drug-likeness (QED) is 0.434. The van der Waals surface area contributed by atoms with E-state index in [9.17, 15) is 13.2 Å². The zero-order valence-electron chi connectivity index (χ0n) is 16.3. The molecule has 2 aromatic heterocycles. The molecule has 0 aliphatic carbocycles. The molecule has 0 atom stereocenters. The first-order chi connectivity index (χ1) is 15.0. The molecule has 158 valence electrons. The Morgan fingerprint density at radius 3 is 2.55 bits per heavy atom. The van der Waals surface area contributed by atoms with Gasteiger partial charge in [-0.1, -0.05) is 23.4 Å². The molecule has 0 amide bonds. The van der Waals surface area contributed by atoms with Crippen LogP contribution < -0.4 is 4.72 Å². The number of nitrogens with zero attached hydrogens (tertiary/aromatic N) is 2. The zero-order valence-corrected chi connectivity index (χ0v) is 17.1. The number of furan rings is 1. The second kappa shape index (κ2) is 8.44. The number of carbonyl (C=O) groups is 1. The maximum Gasteiger partial charge on any atom is 0.337 e. The summed E-state index contributed by atoms with van der Waals surface area (Å²) in [6.45, 7) is 0. The number of benzene rings is 2. The van der Waals surface area contributed by atoms with E-state index < -0.39 is 16.0 Å². The van der Waals surface area contributed by atoms with Crippen LogP contribution in [0.4, 0.5) is 5.69 Å². The van der Waals surface area contributed by atoms with E-state index >= 15 is 0 Å². The van der Waals surface area contributed by atoms with Gasteiger partial charge in [-0.2, -0.15) is 4.98 Å². The molecule has 0 radical (unpaired) electrons. The van der Waals surface area contributed by atoms with E-state index in [1.165, 1.54) is 37.6 Å². The molecular formula is C21H17N3O6S. The van der Waals surface area contributed by atoms with Gasteiger partial charge in [0.05, 0.1) is 35.9 Å². The second-order valence-electron chi connectivity index (χ2n) is 6.44. The van der Waals surface area contributed by atoms with Crippen molar-refractivity contribution < 1.29 is 26.9 Å². The summed E-state index contributed by atoms with van der Waals surface area (Å²) >= 11 is 0. The number of ether oxygens (including phenoxy) is 1. The number of rotatable bonds is 7. The van der Waals surface area contributed by atoms with Crippen molar-refractivity contribution in [2.24, 2.45) is 0 Å². The number of sulfonamides is 1. The van der Waals surface area contributed by atoms with Crippen LogP contribution in [0.5, 0.6) is 0 Å². The lowest BCUT2D eigenvalue weighted by Crippen LogP contribution is -2.14. The van der Waals surface area contributed by atoms with Gasteiger partial charge in [0.2, 0.25) is 11.7 Å². The van der Waals surface area contributed by atoms with Gasteiger partial charge in [-0.05, 0) is 48.0 Å². The summed E-state index contributed by atoms with van der Waals surface area (Å²) in [5, 5.41) is 3.88. The fourth-order valence-electron chi connectivity index (χ4n) is 2.86. The number of esters is 1. The Labute approximate surface area is 177 Å². The Hall–Kier alpha value is -3.92. The van der Waals surface area contributed by atoms with Crippen molar-refractivity contribution in [1.29, 1.82) is 0 Å². The molecule has 0 fully saturated rings. The first-order valence-electron chi connectivity index (χ1n) is 9.12. The van der Waals surface area contributed by atoms with Crippen LogP contribution in [0.1, 0.15) is 21.8 Å². The number of methoxy groups -OCH3 is 1. The Morgan fingerprint density at radius 1 is 1.06 bits per heavy atom. The number of para-hydroxylation sites is 1. The maximum absolute atomic E-state index is 12.8. The van der Waals surface area contributed by atoms with Gasteiger partial charge in [-0.15, -0.1) is 0 Å². The zero-order chi connectivity index (χ0) is 21.8. The van der Waals surface area contributed by atoms with Gasteiger partial charge in [0.15, 0.2) is 5.76 Å². The van der Waals surface area contributed by atoms with Gasteiger partial charge in [0.25, 0.3) is 10.0 Å². The Morgan fingerprint density at radius 2 is 1.84 bits per heavy atom. The summed E-state index contributed by atoms with van der Waals surface area (Å²) in [5.41, 5.74) is 1.27. The molecule has 0 unspecified atom stereocenters. The van der Waals surface area contributed by atoms with E-state index in [-0.39, 0.29) is 16.9 Å². The molecule has 0 spiro atoms. The van der Waals surface area contributed by atoms with Crippen LogP contribution in [0, 0.1) is 0 Å². The first kappa shape index (κ1) is 20.4. The van der Waals surface area contributed by atoms with Crippen LogP contribution in [0.15, 0.2) is 80.8 Å². The van der Waals surface area contributed by atoms with Gasteiger partial charge in [-0.25, -0.2) is 13.2 Å². The van der Waals surface area contributed by atoms with Crippen molar-refractivity contribution in [3.05, 3.63) is 83.9 Å².